The van der Waals surface area contributed by atoms with E-state index in [1.54, 1.807) is 25.5 Å². The van der Waals surface area contributed by atoms with E-state index >= 15 is 0 Å². The largest absolute Gasteiger partial charge is 0.399 e. The predicted molar refractivity (Wildman–Crippen MR) is 48.0 cm³/mol. The third-order valence-corrected chi connectivity index (χ3v) is 1.77. The van der Waals surface area contributed by atoms with E-state index in [0.29, 0.717) is 18.7 Å². The lowest BCUT2D eigenvalue weighted by atomic mass is 10.0. The molecule has 1 aliphatic rings. The van der Waals surface area contributed by atoms with Crippen LogP contribution in [0.2, 0.25) is 0 Å². The van der Waals surface area contributed by atoms with Crippen LogP contribution in [0.4, 0.5) is 0 Å². The molecule has 0 fully saturated rings. The minimum absolute atomic E-state index is 0.547. The number of rotatable bonds is 3. The summed E-state index contributed by atoms with van der Waals surface area (Å²) in [5.41, 5.74) is 11.7. The maximum absolute atomic E-state index is 5.94. The summed E-state index contributed by atoms with van der Waals surface area (Å²) in [6.45, 7) is 0.612. The zero-order chi connectivity index (χ0) is 9.03. The standard InChI is InChI=1S/C8H15N3O/c1-12-5-3-8(10)6-7(9)2-4-11-8/h2,4,6,11H,3,5,9-10H2,1H3. The van der Waals surface area contributed by atoms with Gasteiger partial charge in [-0.25, -0.2) is 0 Å². The van der Waals surface area contributed by atoms with Gasteiger partial charge in [-0.3, -0.25) is 0 Å². The fraction of sp³-hybridized carbons (Fsp3) is 0.500. The number of nitrogens with one attached hydrogen (secondary N) is 1. The fourth-order valence-corrected chi connectivity index (χ4v) is 1.10. The van der Waals surface area contributed by atoms with Crippen molar-refractivity contribution >= 4 is 0 Å². The van der Waals surface area contributed by atoms with Gasteiger partial charge in [-0.05, 0) is 12.2 Å². The molecule has 68 valence electrons. The van der Waals surface area contributed by atoms with Crippen molar-refractivity contribution in [1.29, 1.82) is 0 Å². The number of methoxy groups -OCH3 is 1. The third kappa shape index (κ3) is 2.25. The molecule has 0 aromatic heterocycles. The number of allylic oxidation sites excluding steroid dienone is 1. The normalized spacial score (nSPS) is 28.0. The Kier molecular flexibility index (Phi) is 2.73. The summed E-state index contributed by atoms with van der Waals surface area (Å²) >= 11 is 0. The van der Waals surface area contributed by atoms with Gasteiger partial charge in [0.2, 0.25) is 0 Å². The molecule has 4 heteroatoms. The van der Waals surface area contributed by atoms with Gasteiger partial charge in [0.1, 0.15) is 5.66 Å². The second-order valence-corrected chi connectivity index (χ2v) is 2.91. The number of hydrogen-bond acceptors (Lipinski definition) is 4. The zero-order valence-electron chi connectivity index (χ0n) is 7.21. The molecule has 1 rings (SSSR count). The lowest BCUT2D eigenvalue weighted by Crippen LogP contribution is -2.51. The van der Waals surface area contributed by atoms with Gasteiger partial charge in [-0.2, -0.15) is 0 Å². The third-order valence-electron chi connectivity index (χ3n) is 1.77. The van der Waals surface area contributed by atoms with Crippen molar-refractivity contribution in [2.24, 2.45) is 11.5 Å². The molecule has 1 unspecified atom stereocenters. The Bertz CT molecular complexity index is 212. The van der Waals surface area contributed by atoms with Crippen LogP contribution in [0.3, 0.4) is 0 Å². The van der Waals surface area contributed by atoms with Crippen LogP contribution in [-0.2, 0) is 4.74 Å². The van der Waals surface area contributed by atoms with E-state index in [2.05, 4.69) is 5.32 Å². The molecule has 4 nitrogen and oxygen atoms in total. The SMILES string of the molecule is COCCC1(N)C=C(N)C=CN1. The first kappa shape index (κ1) is 9.09. The van der Waals surface area contributed by atoms with Crippen molar-refractivity contribution in [2.75, 3.05) is 13.7 Å². The van der Waals surface area contributed by atoms with E-state index in [-0.39, 0.29) is 0 Å². The summed E-state index contributed by atoms with van der Waals surface area (Å²) in [7, 11) is 1.65. The van der Waals surface area contributed by atoms with Gasteiger partial charge in [-0.1, -0.05) is 0 Å². The smallest absolute Gasteiger partial charge is 0.109 e. The van der Waals surface area contributed by atoms with Crippen molar-refractivity contribution in [3.05, 3.63) is 24.0 Å². The molecular formula is C8H15N3O. The Labute approximate surface area is 72.3 Å². The molecule has 0 saturated heterocycles. The van der Waals surface area contributed by atoms with Gasteiger partial charge < -0.3 is 21.5 Å². The first-order valence-corrected chi connectivity index (χ1v) is 3.87. The van der Waals surface area contributed by atoms with Crippen molar-refractivity contribution < 1.29 is 4.74 Å². The Balaban J connectivity index is 2.54. The topological polar surface area (TPSA) is 73.3 Å². The van der Waals surface area contributed by atoms with E-state index in [1.807, 2.05) is 0 Å². The highest BCUT2D eigenvalue weighted by molar-refractivity contribution is 5.25. The van der Waals surface area contributed by atoms with Crippen LogP contribution in [-0.4, -0.2) is 19.4 Å². The van der Waals surface area contributed by atoms with Crippen molar-refractivity contribution in [3.8, 4) is 0 Å². The Morgan fingerprint density at radius 1 is 1.67 bits per heavy atom. The number of nitrogens with two attached hydrogens (primary N) is 2. The fourth-order valence-electron chi connectivity index (χ4n) is 1.10. The van der Waals surface area contributed by atoms with Crippen LogP contribution in [0.1, 0.15) is 6.42 Å². The highest BCUT2D eigenvalue weighted by Gasteiger charge is 2.21. The second-order valence-electron chi connectivity index (χ2n) is 2.91. The molecule has 0 spiro atoms. The van der Waals surface area contributed by atoms with Gasteiger partial charge in [-0.15, -0.1) is 0 Å². The predicted octanol–water partition coefficient (Wildman–Crippen LogP) is -0.363. The summed E-state index contributed by atoms with van der Waals surface area (Å²) in [6, 6.07) is 0. The Morgan fingerprint density at radius 3 is 3.00 bits per heavy atom. The molecule has 0 aliphatic carbocycles. The van der Waals surface area contributed by atoms with E-state index in [4.69, 9.17) is 16.2 Å². The average molecular weight is 169 g/mol. The Hall–Kier alpha value is -1.00. The van der Waals surface area contributed by atoms with Gasteiger partial charge in [0.25, 0.3) is 0 Å². The van der Waals surface area contributed by atoms with Gasteiger partial charge >= 0.3 is 0 Å². The second kappa shape index (κ2) is 3.60. The monoisotopic (exact) mass is 169 g/mol. The quantitative estimate of drug-likeness (QED) is 0.539. The van der Waals surface area contributed by atoms with Crippen molar-refractivity contribution in [1.82, 2.24) is 5.32 Å². The molecule has 0 bridgehead atoms. The lowest BCUT2D eigenvalue weighted by Gasteiger charge is -2.29. The minimum atomic E-state index is -0.547. The molecule has 1 atom stereocenters. The summed E-state index contributed by atoms with van der Waals surface area (Å²) < 4.78 is 4.93. The van der Waals surface area contributed by atoms with E-state index in [1.165, 1.54) is 0 Å². The Morgan fingerprint density at radius 2 is 2.42 bits per heavy atom. The molecule has 0 radical (unpaired) electrons. The van der Waals surface area contributed by atoms with Crippen LogP contribution in [0, 0.1) is 0 Å². The van der Waals surface area contributed by atoms with Crippen LogP contribution in [0.15, 0.2) is 24.0 Å². The van der Waals surface area contributed by atoms with E-state index in [0.717, 1.165) is 0 Å². The highest BCUT2D eigenvalue weighted by atomic mass is 16.5. The van der Waals surface area contributed by atoms with Gasteiger partial charge in [0.05, 0.1) is 6.61 Å². The molecule has 1 aliphatic heterocycles. The summed E-state index contributed by atoms with van der Waals surface area (Å²) in [5.74, 6) is 0. The number of dihydropyridines is 1. The van der Waals surface area contributed by atoms with Crippen LogP contribution in [0.25, 0.3) is 0 Å². The van der Waals surface area contributed by atoms with E-state index in [9.17, 15) is 0 Å². The molecule has 1 heterocycles. The molecule has 0 aromatic carbocycles. The lowest BCUT2D eigenvalue weighted by molar-refractivity contribution is 0.172. The average Bonchev–Trinajstić information content (AvgIpc) is 2.01. The molecule has 0 aromatic rings. The molecule has 5 N–H and O–H groups in total. The van der Waals surface area contributed by atoms with Gasteiger partial charge in [0, 0.05) is 25.4 Å². The molecule has 12 heavy (non-hydrogen) atoms. The first-order chi connectivity index (χ1) is 5.66. The molecule has 0 saturated carbocycles. The van der Waals surface area contributed by atoms with E-state index < -0.39 is 5.66 Å². The summed E-state index contributed by atoms with van der Waals surface area (Å²) in [4.78, 5) is 0. The molecular weight excluding hydrogens is 154 g/mol. The van der Waals surface area contributed by atoms with Crippen molar-refractivity contribution in [3.63, 3.8) is 0 Å². The van der Waals surface area contributed by atoms with Crippen LogP contribution < -0.4 is 16.8 Å². The van der Waals surface area contributed by atoms with Crippen molar-refractivity contribution in [2.45, 2.75) is 12.1 Å². The number of ether oxygens (including phenoxy) is 1. The molecule has 0 amide bonds. The van der Waals surface area contributed by atoms with Crippen LogP contribution >= 0.6 is 0 Å². The highest BCUT2D eigenvalue weighted by Crippen LogP contribution is 2.10. The maximum Gasteiger partial charge on any atom is 0.109 e. The summed E-state index contributed by atoms with van der Waals surface area (Å²) in [5, 5.41) is 3.02. The first-order valence-electron chi connectivity index (χ1n) is 3.87. The zero-order valence-corrected chi connectivity index (χ0v) is 7.21. The maximum atomic E-state index is 5.94. The number of hydrogen-bond donors (Lipinski definition) is 3. The van der Waals surface area contributed by atoms with Crippen LogP contribution in [0.5, 0.6) is 0 Å². The minimum Gasteiger partial charge on any atom is -0.399 e. The summed E-state index contributed by atoms with van der Waals surface area (Å²) in [6.07, 6.45) is 6.03. The van der Waals surface area contributed by atoms with Gasteiger partial charge in [0.15, 0.2) is 0 Å².